The van der Waals surface area contributed by atoms with Crippen LogP contribution in [-0.4, -0.2) is 50.2 Å². The molecule has 1 saturated heterocycles. The highest BCUT2D eigenvalue weighted by Gasteiger charge is 2.29. The van der Waals surface area contributed by atoms with Crippen molar-refractivity contribution in [3.05, 3.63) is 41.4 Å². The van der Waals surface area contributed by atoms with Crippen molar-refractivity contribution in [1.29, 1.82) is 0 Å². The molecule has 1 amide bonds. The average Bonchev–Trinajstić information content (AvgIpc) is 2.96. The number of rotatable bonds is 6. The van der Waals surface area contributed by atoms with E-state index in [-0.39, 0.29) is 17.3 Å². The molecule has 3 rings (SSSR count). The largest absolute Gasteiger partial charge is 0.455 e. The molecule has 1 aliphatic heterocycles. The van der Waals surface area contributed by atoms with E-state index < -0.39 is 34.4 Å². The minimum absolute atomic E-state index is 0.0371. The lowest BCUT2D eigenvalue weighted by molar-refractivity contribution is -0.146. The Labute approximate surface area is 166 Å². The third kappa shape index (κ3) is 5.37. The lowest BCUT2D eigenvalue weighted by Crippen LogP contribution is -2.38. The van der Waals surface area contributed by atoms with Gasteiger partial charge in [0.05, 0.1) is 17.3 Å². The number of thioether (sulfide) groups is 1. The first kappa shape index (κ1) is 20.0. The van der Waals surface area contributed by atoms with Crippen LogP contribution in [0, 0.1) is 0 Å². The SMILES string of the molecule is O=C(COC(=O)CSc1cccc2cccc(Cl)c12)N[C@@H]1CCS(=O)(=O)C1. The van der Waals surface area contributed by atoms with Crippen LogP contribution in [-0.2, 0) is 24.2 Å². The van der Waals surface area contributed by atoms with Gasteiger partial charge in [0.1, 0.15) is 0 Å². The van der Waals surface area contributed by atoms with Gasteiger partial charge in [-0.2, -0.15) is 0 Å². The second kappa shape index (κ2) is 8.50. The number of carbonyl (C=O) groups excluding carboxylic acids is 2. The Bertz CT molecular complexity index is 972. The lowest BCUT2D eigenvalue weighted by atomic mass is 10.1. The molecule has 1 fully saturated rings. The van der Waals surface area contributed by atoms with Crippen LogP contribution in [0.4, 0.5) is 0 Å². The summed E-state index contributed by atoms with van der Waals surface area (Å²) in [5.74, 6) is -0.983. The molecule has 0 unspecified atom stereocenters. The molecule has 0 saturated carbocycles. The molecule has 9 heteroatoms. The lowest BCUT2D eigenvalue weighted by Gasteiger charge is -2.11. The molecule has 0 spiro atoms. The summed E-state index contributed by atoms with van der Waals surface area (Å²) in [6, 6.07) is 10.9. The first-order valence-electron chi connectivity index (χ1n) is 8.29. The maximum absolute atomic E-state index is 11.9. The Hall–Kier alpha value is -1.77. The number of sulfone groups is 1. The van der Waals surface area contributed by atoms with E-state index in [1.165, 1.54) is 11.8 Å². The number of ether oxygens (including phenoxy) is 1. The number of amides is 1. The summed E-state index contributed by atoms with van der Waals surface area (Å²) in [4.78, 5) is 24.6. The van der Waals surface area contributed by atoms with Gasteiger partial charge in [0, 0.05) is 21.3 Å². The molecule has 2 aromatic rings. The molecule has 1 aliphatic rings. The zero-order valence-corrected chi connectivity index (χ0v) is 16.7. The number of carbonyl (C=O) groups is 2. The van der Waals surface area contributed by atoms with Gasteiger partial charge in [0.15, 0.2) is 16.4 Å². The Morgan fingerprint density at radius 1 is 1.22 bits per heavy atom. The summed E-state index contributed by atoms with van der Waals surface area (Å²) in [6.45, 7) is -0.424. The zero-order chi connectivity index (χ0) is 19.4. The summed E-state index contributed by atoms with van der Waals surface area (Å²) in [7, 11) is -3.07. The molecule has 2 aromatic carbocycles. The van der Waals surface area contributed by atoms with Gasteiger partial charge in [-0.1, -0.05) is 35.9 Å². The fraction of sp³-hybridized carbons (Fsp3) is 0.333. The molecular formula is C18H18ClNO5S2. The minimum atomic E-state index is -3.07. The van der Waals surface area contributed by atoms with Crippen LogP contribution >= 0.6 is 23.4 Å². The molecule has 0 bridgehead atoms. The van der Waals surface area contributed by atoms with Crippen molar-refractivity contribution in [2.75, 3.05) is 23.9 Å². The smallest absolute Gasteiger partial charge is 0.316 e. The van der Waals surface area contributed by atoms with E-state index in [9.17, 15) is 18.0 Å². The van der Waals surface area contributed by atoms with Crippen molar-refractivity contribution in [2.24, 2.45) is 0 Å². The van der Waals surface area contributed by atoms with Gasteiger partial charge in [0.2, 0.25) is 0 Å². The Morgan fingerprint density at radius 3 is 2.67 bits per heavy atom. The van der Waals surface area contributed by atoms with Crippen molar-refractivity contribution < 1.29 is 22.7 Å². The summed E-state index contributed by atoms with van der Waals surface area (Å²) < 4.78 is 27.7. The van der Waals surface area contributed by atoms with Crippen LogP contribution in [0.5, 0.6) is 0 Å². The molecule has 144 valence electrons. The molecular weight excluding hydrogens is 410 g/mol. The van der Waals surface area contributed by atoms with Crippen LogP contribution < -0.4 is 5.32 Å². The number of hydrogen-bond donors (Lipinski definition) is 1. The third-order valence-corrected chi connectivity index (χ3v) is 7.24. The highest BCUT2D eigenvalue weighted by Crippen LogP contribution is 2.33. The second-order valence-electron chi connectivity index (χ2n) is 6.21. The molecule has 1 N–H and O–H groups in total. The van der Waals surface area contributed by atoms with Gasteiger partial charge < -0.3 is 10.1 Å². The Balaban J connectivity index is 1.48. The van der Waals surface area contributed by atoms with Gasteiger partial charge in [0.25, 0.3) is 5.91 Å². The highest BCUT2D eigenvalue weighted by atomic mass is 35.5. The van der Waals surface area contributed by atoms with E-state index >= 15 is 0 Å². The van der Waals surface area contributed by atoms with Crippen LogP contribution in [0.3, 0.4) is 0 Å². The van der Waals surface area contributed by atoms with Crippen molar-refractivity contribution in [3.8, 4) is 0 Å². The van der Waals surface area contributed by atoms with E-state index in [1.54, 1.807) is 6.07 Å². The number of fused-ring (bicyclic) bond motifs is 1. The number of hydrogen-bond acceptors (Lipinski definition) is 6. The fourth-order valence-electron chi connectivity index (χ4n) is 2.89. The quantitative estimate of drug-likeness (QED) is 0.562. The summed E-state index contributed by atoms with van der Waals surface area (Å²) in [5.41, 5.74) is 0. The molecule has 0 radical (unpaired) electrons. The normalized spacial score (nSPS) is 18.3. The Kier molecular flexibility index (Phi) is 6.29. The number of nitrogens with one attached hydrogen (secondary N) is 1. The predicted molar refractivity (Wildman–Crippen MR) is 106 cm³/mol. The number of benzene rings is 2. The van der Waals surface area contributed by atoms with Crippen molar-refractivity contribution in [2.45, 2.75) is 17.4 Å². The standard InChI is InChI=1S/C18H18ClNO5S2/c19-14-5-1-3-12-4-2-6-15(18(12)14)26-10-17(22)25-9-16(21)20-13-7-8-27(23,24)11-13/h1-6,13H,7-11H2,(H,20,21)/t13-/m1/s1. The van der Waals surface area contributed by atoms with Crippen LogP contribution in [0.15, 0.2) is 41.3 Å². The van der Waals surface area contributed by atoms with E-state index in [4.69, 9.17) is 16.3 Å². The summed E-state index contributed by atoms with van der Waals surface area (Å²) in [5, 5.41) is 5.04. The van der Waals surface area contributed by atoms with Crippen LogP contribution in [0.25, 0.3) is 10.8 Å². The van der Waals surface area contributed by atoms with Gasteiger partial charge in [-0.3, -0.25) is 9.59 Å². The van der Waals surface area contributed by atoms with Crippen molar-refractivity contribution in [3.63, 3.8) is 0 Å². The highest BCUT2D eigenvalue weighted by molar-refractivity contribution is 8.00. The van der Waals surface area contributed by atoms with E-state index in [0.717, 1.165) is 15.7 Å². The van der Waals surface area contributed by atoms with Crippen molar-refractivity contribution in [1.82, 2.24) is 5.32 Å². The van der Waals surface area contributed by atoms with Crippen molar-refractivity contribution >= 4 is 55.8 Å². The monoisotopic (exact) mass is 427 g/mol. The van der Waals surface area contributed by atoms with Gasteiger partial charge >= 0.3 is 5.97 Å². The molecule has 0 aromatic heterocycles. The average molecular weight is 428 g/mol. The third-order valence-electron chi connectivity index (χ3n) is 4.12. The summed E-state index contributed by atoms with van der Waals surface area (Å²) >= 11 is 7.54. The second-order valence-corrected chi connectivity index (χ2v) is 9.86. The number of esters is 1. The molecule has 0 aliphatic carbocycles. The molecule has 27 heavy (non-hydrogen) atoms. The topological polar surface area (TPSA) is 89.5 Å². The first-order valence-corrected chi connectivity index (χ1v) is 11.5. The predicted octanol–water partition coefficient (Wildman–Crippen LogP) is 2.43. The van der Waals surface area contributed by atoms with Crippen LogP contribution in [0.2, 0.25) is 5.02 Å². The Morgan fingerprint density at radius 2 is 1.96 bits per heavy atom. The molecule has 1 heterocycles. The summed E-state index contributed by atoms with van der Waals surface area (Å²) in [6.07, 6.45) is 0.389. The molecule has 1 atom stereocenters. The maximum atomic E-state index is 11.9. The zero-order valence-electron chi connectivity index (χ0n) is 14.3. The van der Waals surface area contributed by atoms with E-state index in [2.05, 4.69) is 5.32 Å². The molecule has 6 nitrogen and oxygen atoms in total. The van der Waals surface area contributed by atoms with E-state index in [1.807, 2.05) is 30.3 Å². The first-order chi connectivity index (χ1) is 12.8. The minimum Gasteiger partial charge on any atom is -0.455 e. The number of halogens is 1. The van der Waals surface area contributed by atoms with E-state index in [0.29, 0.717) is 11.4 Å². The van der Waals surface area contributed by atoms with Gasteiger partial charge in [-0.05, 0) is 23.9 Å². The fourth-order valence-corrected chi connectivity index (χ4v) is 5.80. The van der Waals surface area contributed by atoms with Gasteiger partial charge in [-0.15, -0.1) is 11.8 Å². The maximum Gasteiger partial charge on any atom is 0.316 e. The van der Waals surface area contributed by atoms with Crippen LogP contribution in [0.1, 0.15) is 6.42 Å². The van der Waals surface area contributed by atoms with Gasteiger partial charge in [-0.25, -0.2) is 8.42 Å².